The lowest BCUT2D eigenvalue weighted by atomic mass is 10.0. The molecular weight excluding hydrogens is 546 g/mol. The molecule has 0 bridgehead atoms. The van der Waals surface area contributed by atoms with E-state index in [-0.39, 0.29) is 56.2 Å². The summed E-state index contributed by atoms with van der Waals surface area (Å²) >= 11 is 0. The molecule has 0 spiro atoms. The van der Waals surface area contributed by atoms with E-state index in [9.17, 15) is 34.2 Å². The molecule has 2 heterocycles. The number of carbonyl (C=O) groups excluding carboxylic acids is 4. The standard InChI is InChI=1S/C29H33N5O8/c35-17-19-8-10-21(11-9-19)27(39)32-23-12-13-25(36)33-14-4-7-24(34(33)29(23)41)28(40)31-22(15-26(37)38)16-30-42-18-20-5-2-1-3-6-20/h1-3,5-6,8-11,16,23-24,30,35H,4,7,12-15,17-18H2,(H,31,40)(H,32,39)(H,37,38)/b22-16-/t23-,24-/m0/s1. The predicted molar refractivity (Wildman–Crippen MR) is 147 cm³/mol. The molecule has 4 amide bonds. The molecule has 2 atom stereocenters. The van der Waals surface area contributed by atoms with Crippen LogP contribution in [0.1, 0.15) is 53.6 Å². The summed E-state index contributed by atoms with van der Waals surface area (Å²) in [5.41, 5.74) is 4.29. The minimum atomic E-state index is -1.20. The Hall–Kier alpha value is -4.75. The molecule has 13 nitrogen and oxygen atoms in total. The lowest BCUT2D eigenvalue weighted by Crippen LogP contribution is -2.63. The number of hydrazine groups is 1. The quantitative estimate of drug-likeness (QED) is 0.192. The Balaban J connectivity index is 1.46. The second-order valence-electron chi connectivity index (χ2n) is 9.90. The second kappa shape index (κ2) is 14.2. The monoisotopic (exact) mass is 579 g/mol. The van der Waals surface area contributed by atoms with Gasteiger partial charge in [0.1, 0.15) is 12.1 Å². The zero-order valence-electron chi connectivity index (χ0n) is 22.8. The molecule has 4 rings (SSSR count). The van der Waals surface area contributed by atoms with Gasteiger partial charge in [-0.3, -0.25) is 39.3 Å². The third-order valence-electron chi connectivity index (χ3n) is 6.89. The highest BCUT2D eigenvalue weighted by molar-refractivity contribution is 5.99. The van der Waals surface area contributed by atoms with Crippen LogP contribution in [0.15, 0.2) is 66.5 Å². The first-order valence-corrected chi connectivity index (χ1v) is 13.5. The Morgan fingerprint density at radius 2 is 1.74 bits per heavy atom. The number of amides is 4. The Bertz CT molecular complexity index is 1330. The van der Waals surface area contributed by atoms with Crippen LogP contribution in [0.2, 0.25) is 0 Å². The van der Waals surface area contributed by atoms with Crippen molar-refractivity contribution in [1.29, 1.82) is 0 Å². The summed E-state index contributed by atoms with van der Waals surface area (Å²) in [5, 5.41) is 26.1. The molecule has 13 heteroatoms. The van der Waals surface area contributed by atoms with Crippen molar-refractivity contribution in [3.63, 3.8) is 0 Å². The average molecular weight is 580 g/mol. The number of aliphatic hydroxyl groups excluding tert-OH is 1. The van der Waals surface area contributed by atoms with Crippen molar-refractivity contribution in [1.82, 2.24) is 26.1 Å². The first-order valence-electron chi connectivity index (χ1n) is 13.5. The molecular formula is C29H33N5O8. The number of aliphatic hydroxyl groups is 1. The smallest absolute Gasteiger partial charge is 0.309 e. The first kappa shape index (κ1) is 30.2. The molecule has 2 saturated heterocycles. The maximum absolute atomic E-state index is 13.7. The van der Waals surface area contributed by atoms with Gasteiger partial charge in [-0.15, -0.1) is 0 Å². The van der Waals surface area contributed by atoms with Crippen molar-refractivity contribution in [3.05, 3.63) is 83.2 Å². The minimum Gasteiger partial charge on any atom is -0.481 e. The number of carbonyl (C=O) groups is 5. The van der Waals surface area contributed by atoms with Gasteiger partial charge in [0.15, 0.2) is 0 Å². The molecule has 2 aromatic rings. The van der Waals surface area contributed by atoms with E-state index in [1.807, 2.05) is 30.3 Å². The van der Waals surface area contributed by atoms with Crippen LogP contribution in [0.3, 0.4) is 0 Å². The fourth-order valence-corrected chi connectivity index (χ4v) is 4.76. The summed E-state index contributed by atoms with van der Waals surface area (Å²) in [5.74, 6) is -3.39. The van der Waals surface area contributed by atoms with E-state index in [1.165, 1.54) is 23.3 Å². The molecule has 2 aliphatic rings. The molecule has 222 valence electrons. The van der Waals surface area contributed by atoms with Gasteiger partial charge in [0.2, 0.25) is 11.8 Å². The zero-order chi connectivity index (χ0) is 30.1. The van der Waals surface area contributed by atoms with Crippen molar-refractivity contribution in [2.75, 3.05) is 6.54 Å². The summed E-state index contributed by atoms with van der Waals surface area (Å²) in [4.78, 5) is 69.7. The maximum Gasteiger partial charge on any atom is 0.309 e. The summed E-state index contributed by atoms with van der Waals surface area (Å²) in [7, 11) is 0. The van der Waals surface area contributed by atoms with Crippen molar-refractivity contribution < 1.29 is 39.0 Å². The van der Waals surface area contributed by atoms with E-state index in [1.54, 1.807) is 12.1 Å². The van der Waals surface area contributed by atoms with Crippen LogP contribution >= 0.6 is 0 Å². The predicted octanol–water partition coefficient (Wildman–Crippen LogP) is 0.959. The number of nitrogens with one attached hydrogen (secondary N) is 3. The third-order valence-corrected chi connectivity index (χ3v) is 6.89. The molecule has 2 aliphatic heterocycles. The molecule has 0 aromatic heterocycles. The average Bonchev–Trinajstić information content (AvgIpc) is 3.11. The lowest BCUT2D eigenvalue weighted by Gasteiger charge is -2.43. The zero-order valence-corrected chi connectivity index (χ0v) is 22.8. The van der Waals surface area contributed by atoms with Gasteiger partial charge in [-0.25, -0.2) is 5.01 Å². The van der Waals surface area contributed by atoms with Gasteiger partial charge in [0, 0.05) is 30.4 Å². The number of hydroxylamine groups is 1. The number of nitrogens with zero attached hydrogens (tertiary/aromatic N) is 2. The highest BCUT2D eigenvalue weighted by Crippen LogP contribution is 2.25. The Morgan fingerprint density at radius 3 is 2.43 bits per heavy atom. The first-order chi connectivity index (χ1) is 20.3. The molecule has 0 unspecified atom stereocenters. The molecule has 0 aliphatic carbocycles. The number of hydrogen-bond acceptors (Lipinski definition) is 8. The van der Waals surface area contributed by atoms with Crippen molar-refractivity contribution in [2.24, 2.45) is 0 Å². The normalized spacial score (nSPS) is 19.0. The molecule has 0 radical (unpaired) electrons. The lowest BCUT2D eigenvalue weighted by molar-refractivity contribution is -0.175. The van der Waals surface area contributed by atoms with Crippen LogP contribution in [-0.4, -0.2) is 68.5 Å². The van der Waals surface area contributed by atoms with Crippen LogP contribution in [0.4, 0.5) is 0 Å². The van der Waals surface area contributed by atoms with Gasteiger partial charge in [0.25, 0.3) is 11.8 Å². The summed E-state index contributed by atoms with van der Waals surface area (Å²) in [6.07, 6.45) is 1.38. The van der Waals surface area contributed by atoms with Crippen LogP contribution in [0.25, 0.3) is 0 Å². The molecule has 42 heavy (non-hydrogen) atoms. The van der Waals surface area contributed by atoms with Crippen LogP contribution in [0.5, 0.6) is 0 Å². The topological polar surface area (TPSA) is 178 Å². The highest BCUT2D eigenvalue weighted by atomic mass is 16.6. The second-order valence-corrected chi connectivity index (χ2v) is 9.90. The Labute approximate surface area is 242 Å². The summed E-state index contributed by atoms with van der Waals surface area (Å²) < 4.78 is 0. The van der Waals surface area contributed by atoms with E-state index >= 15 is 0 Å². The van der Waals surface area contributed by atoms with Gasteiger partial charge >= 0.3 is 5.97 Å². The molecule has 2 aromatic carbocycles. The molecule has 2 fully saturated rings. The number of rotatable bonds is 11. The Morgan fingerprint density at radius 1 is 1.00 bits per heavy atom. The number of hydrogen-bond donors (Lipinski definition) is 5. The van der Waals surface area contributed by atoms with E-state index in [4.69, 9.17) is 4.84 Å². The largest absolute Gasteiger partial charge is 0.481 e. The number of fused-ring (bicyclic) bond motifs is 1. The number of carboxylic acids is 1. The van der Waals surface area contributed by atoms with Gasteiger partial charge in [-0.2, -0.15) is 0 Å². The number of carboxylic acid groups (broad SMARTS) is 1. The van der Waals surface area contributed by atoms with Crippen molar-refractivity contribution in [2.45, 2.75) is 57.4 Å². The highest BCUT2D eigenvalue weighted by Gasteiger charge is 2.44. The van der Waals surface area contributed by atoms with Crippen molar-refractivity contribution >= 4 is 29.6 Å². The molecule has 5 N–H and O–H groups in total. The van der Waals surface area contributed by atoms with Crippen LogP contribution in [0, 0.1) is 0 Å². The van der Waals surface area contributed by atoms with Gasteiger partial charge in [-0.1, -0.05) is 42.5 Å². The van der Waals surface area contributed by atoms with E-state index < -0.39 is 42.2 Å². The van der Waals surface area contributed by atoms with Gasteiger partial charge in [0.05, 0.1) is 19.6 Å². The van der Waals surface area contributed by atoms with Crippen molar-refractivity contribution in [3.8, 4) is 0 Å². The summed E-state index contributed by atoms with van der Waals surface area (Å²) in [6, 6.07) is 13.3. The summed E-state index contributed by atoms with van der Waals surface area (Å²) in [6.45, 7) is 0.232. The fraction of sp³-hybridized carbons (Fsp3) is 0.345. The Kier molecular flexibility index (Phi) is 10.2. The maximum atomic E-state index is 13.7. The number of benzene rings is 2. The fourth-order valence-electron chi connectivity index (χ4n) is 4.76. The van der Waals surface area contributed by atoms with E-state index in [0.29, 0.717) is 12.0 Å². The minimum absolute atomic E-state index is 0.0116. The van der Waals surface area contributed by atoms with E-state index in [2.05, 4.69) is 16.1 Å². The van der Waals surface area contributed by atoms with Crippen LogP contribution in [-0.2, 0) is 37.2 Å². The molecule has 0 saturated carbocycles. The number of aliphatic carboxylic acids is 1. The van der Waals surface area contributed by atoms with Gasteiger partial charge < -0.3 is 20.8 Å². The third kappa shape index (κ3) is 7.71. The van der Waals surface area contributed by atoms with E-state index in [0.717, 1.165) is 10.6 Å². The van der Waals surface area contributed by atoms with Crippen LogP contribution < -0.4 is 16.1 Å². The SMILES string of the molecule is O=C(O)C/C(=C/NOCc1ccccc1)NC(=O)[C@@H]1CCCN2C(=O)CC[C@H](NC(=O)c3ccc(CO)cc3)C(=O)N12. The van der Waals surface area contributed by atoms with Gasteiger partial charge in [-0.05, 0) is 42.5 Å².